The van der Waals surface area contributed by atoms with E-state index in [1.54, 1.807) is 0 Å². The highest BCUT2D eigenvalue weighted by Gasteiger charge is 2.51. The molecule has 1 aliphatic heterocycles. The lowest BCUT2D eigenvalue weighted by atomic mass is 9.72. The van der Waals surface area contributed by atoms with Gasteiger partial charge in [0.05, 0.1) is 12.2 Å². The number of ether oxygens (including phenoxy) is 1. The van der Waals surface area contributed by atoms with Crippen LogP contribution in [-0.2, 0) is 21.5 Å². The molecule has 0 saturated carbocycles. The molecule has 1 saturated heterocycles. The van der Waals surface area contributed by atoms with E-state index in [1.165, 1.54) is 0 Å². The number of carbonyl (C=O) groups excluding carboxylic acids is 1. The summed E-state index contributed by atoms with van der Waals surface area (Å²) in [4.78, 5) is 13.1. The van der Waals surface area contributed by atoms with Gasteiger partial charge in [-0.15, -0.1) is 11.6 Å². The van der Waals surface area contributed by atoms with Gasteiger partial charge in [0.2, 0.25) is 0 Å². The number of carbonyl (C=O) groups is 1. The van der Waals surface area contributed by atoms with Crippen molar-refractivity contribution in [2.45, 2.75) is 45.3 Å². The van der Waals surface area contributed by atoms with Gasteiger partial charge in [-0.25, -0.2) is 0 Å². The molecular formula is C24H27ClN2O2. The van der Waals surface area contributed by atoms with Gasteiger partial charge in [-0.3, -0.25) is 9.48 Å². The fourth-order valence-corrected chi connectivity index (χ4v) is 3.82. The molecular weight excluding hydrogens is 384 g/mol. The monoisotopic (exact) mass is 410 g/mol. The maximum absolute atomic E-state index is 13.1. The molecule has 152 valence electrons. The van der Waals surface area contributed by atoms with E-state index in [-0.39, 0.29) is 12.1 Å². The van der Waals surface area contributed by atoms with Crippen molar-refractivity contribution in [2.24, 2.45) is 0 Å². The molecule has 0 radical (unpaired) electrons. The lowest BCUT2D eigenvalue weighted by molar-refractivity contribution is -0.145. The zero-order valence-electron chi connectivity index (χ0n) is 17.1. The summed E-state index contributed by atoms with van der Waals surface area (Å²) in [5.74, 6) is 0.542. The lowest BCUT2D eigenvalue weighted by Gasteiger charge is -2.26. The second-order valence-corrected chi connectivity index (χ2v) is 7.79. The van der Waals surface area contributed by atoms with Crippen LogP contribution in [0, 0.1) is 13.8 Å². The number of benzene rings is 2. The summed E-state index contributed by atoms with van der Waals surface area (Å²) < 4.78 is 7.72. The van der Waals surface area contributed by atoms with Gasteiger partial charge < -0.3 is 4.74 Å². The van der Waals surface area contributed by atoms with E-state index in [0.29, 0.717) is 13.0 Å². The first-order chi connectivity index (χ1) is 14.0. The van der Waals surface area contributed by atoms with Gasteiger partial charge in [0.25, 0.3) is 0 Å². The normalized spacial score (nSPS) is 17.4. The average Bonchev–Trinajstić information content (AvgIpc) is 3.22. The Morgan fingerprint density at radius 1 is 1.07 bits per heavy atom. The molecule has 1 aromatic heterocycles. The molecule has 4 rings (SSSR count). The molecule has 0 N–H and O–H groups in total. The molecule has 1 unspecified atom stereocenters. The van der Waals surface area contributed by atoms with Gasteiger partial charge in [-0.2, -0.15) is 5.10 Å². The van der Waals surface area contributed by atoms with Crippen molar-refractivity contribution >= 4 is 17.6 Å². The maximum atomic E-state index is 13.1. The number of halogens is 1. The van der Waals surface area contributed by atoms with Crippen LogP contribution in [0.5, 0.6) is 0 Å². The molecule has 0 spiro atoms. The summed E-state index contributed by atoms with van der Waals surface area (Å²) in [6, 6.07) is 19.9. The van der Waals surface area contributed by atoms with Gasteiger partial charge in [0.1, 0.15) is 11.5 Å². The van der Waals surface area contributed by atoms with Crippen LogP contribution in [-0.4, -0.2) is 27.7 Å². The Morgan fingerprint density at radius 2 is 1.59 bits per heavy atom. The third-order valence-electron chi connectivity index (χ3n) is 5.27. The first kappa shape index (κ1) is 21.1. The van der Waals surface area contributed by atoms with E-state index in [1.807, 2.05) is 92.3 Å². The number of esters is 1. The minimum Gasteiger partial charge on any atom is -0.459 e. The Kier molecular flexibility index (Phi) is 6.75. The summed E-state index contributed by atoms with van der Waals surface area (Å²) in [5.41, 5.74) is 3.35. The first-order valence-corrected chi connectivity index (χ1v) is 10.4. The fraction of sp³-hybridized carbons (Fsp3) is 0.333. The second kappa shape index (κ2) is 9.27. The number of hydrogen-bond donors (Lipinski definition) is 0. The van der Waals surface area contributed by atoms with Crippen LogP contribution < -0.4 is 0 Å². The predicted molar refractivity (Wildman–Crippen MR) is 116 cm³/mol. The van der Waals surface area contributed by atoms with Crippen LogP contribution in [0.25, 0.3) is 0 Å². The summed E-state index contributed by atoms with van der Waals surface area (Å²) in [6.07, 6.45) is 2.41. The van der Waals surface area contributed by atoms with E-state index in [4.69, 9.17) is 16.3 Å². The number of aryl methyl sites for hydroxylation is 2. The maximum Gasteiger partial charge on any atom is 0.321 e. The number of aromatic nitrogens is 2. The van der Waals surface area contributed by atoms with Crippen LogP contribution in [0.15, 0.2) is 66.9 Å². The van der Waals surface area contributed by atoms with Crippen molar-refractivity contribution in [3.63, 3.8) is 0 Å². The molecule has 29 heavy (non-hydrogen) atoms. The SMILES string of the molecule is CCCl.Cc1cn(CC2CC(c3ccccc3)(c3ccccc3)C(=O)O2)nc1C. The third kappa shape index (κ3) is 4.38. The largest absolute Gasteiger partial charge is 0.459 e. The smallest absolute Gasteiger partial charge is 0.321 e. The van der Waals surface area contributed by atoms with Crippen LogP contribution in [0.4, 0.5) is 0 Å². The zero-order valence-corrected chi connectivity index (χ0v) is 17.9. The first-order valence-electron chi connectivity index (χ1n) is 9.90. The Hall–Kier alpha value is -2.59. The Morgan fingerprint density at radius 3 is 2.03 bits per heavy atom. The molecule has 0 amide bonds. The molecule has 1 fully saturated rings. The van der Waals surface area contributed by atoms with E-state index >= 15 is 0 Å². The van der Waals surface area contributed by atoms with E-state index in [9.17, 15) is 4.79 Å². The van der Waals surface area contributed by atoms with Gasteiger partial charge in [0, 0.05) is 18.5 Å². The highest BCUT2D eigenvalue weighted by atomic mass is 35.5. The summed E-state index contributed by atoms with van der Waals surface area (Å²) in [5, 5.41) is 4.52. The van der Waals surface area contributed by atoms with Gasteiger partial charge in [-0.1, -0.05) is 67.6 Å². The van der Waals surface area contributed by atoms with Crippen molar-refractivity contribution in [1.82, 2.24) is 9.78 Å². The molecule has 2 heterocycles. The number of nitrogens with zero attached hydrogens (tertiary/aromatic N) is 2. The van der Waals surface area contributed by atoms with Crippen molar-refractivity contribution in [3.05, 3.63) is 89.2 Å². The number of hydrogen-bond acceptors (Lipinski definition) is 3. The van der Waals surface area contributed by atoms with Crippen molar-refractivity contribution < 1.29 is 9.53 Å². The Balaban J connectivity index is 0.000000755. The molecule has 3 aromatic rings. The number of cyclic esters (lactones) is 1. The molecule has 2 aromatic carbocycles. The Bertz CT molecular complexity index is 879. The van der Waals surface area contributed by atoms with Crippen LogP contribution >= 0.6 is 11.6 Å². The molecule has 1 atom stereocenters. The molecule has 0 bridgehead atoms. The predicted octanol–water partition coefficient (Wildman–Crippen LogP) is 5.05. The van der Waals surface area contributed by atoms with E-state index in [0.717, 1.165) is 28.3 Å². The number of alkyl halides is 1. The van der Waals surface area contributed by atoms with E-state index < -0.39 is 5.41 Å². The molecule has 0 aliphatic carbocycles. The van der Waals surface area contributed by atoms with Crippen molar-refractivity contribution in [3.8, 4) is 0 Å². The average molecular weight is 411 g/mol. The van der Waals surface area contributed by atoms with Crippen molar-refractivity contribution in [1.29, 1.82) is 0 Å². The van der Waals surface area contributed by atoms with Gasteiger partial charge >= 0.3 is 5.97 Å². The highest BCUT2D eigenvalue weighted by molar-refractivity contribution is 6.17. The molecule has 5 heteroatoms. The molecule has 1 aliphatic rings. The minimum atomic E-state index is -0.759. The van der Waals surface area contributed by atoms with Gasteiger partial charge in [0.15, 0.2) is 0 Å². The van der Waals surface area contributed by atoms with Gasteiger partial charge in [-0.05, 0) is 30.5 Å². The zero-order chi connectivity index (χ0) is 20.9. The second-order valence-electron chi connectivity index (χ2n) is 7.26. The third-order valence-corrected chi connectivity index (χ3v) is 5.27. The van der Waals surface area contributed by atoms with Crippen LogP contribution in [0.1, 0.15) is 35.7 Å². The highest BCUT2D eigenvalue weighted by Crippen LogP contribution is 2.43. The standard InChI is InChI=1S/C22H22N2O2.C2H5Cl/c1-16-14-24(23-17(16)2)15-20-13-22(21(25)26-20,18-9-5-3-6-10-18)19-11-7-4-8-12-19;1-2-3/h3-12,14,20H,13,15H2,1-2H3;2H2,1H3. The lowest BCUT2D eigenvalue weighted by Crippen LogP contribution is -2.33. The number of rotatable bonds is 4. The summed E-state index contributed by atoms with van der Waals surface area (Å²) in [6.45, 7) is 6.49. The Labute approximate surface area is 177 Å². The summed E-state index contributed by atoms with van der Waals surface area (Å²) in [7, 11) is 0. The van der Waals surface area contributed by atoms with Crippen molar-refractivity contribution in [2.75, 3.05) is 5.88 Å². The summed E-state index contributed by atoms with van der Waals surface area (Å²) >= 11 is 5.00. The quantitative estimate of drug-likeness (QED) is 0.446. The molecule has 4 nitrogen and oxygen atoms in total. The van der Waals surface area contributed by atoms with Crippen LogP contribution in [0.2, 0.25) is 0 Å². The fourth-order valence-electron chi connectivity index (χ4n) is 3.82. The minimum absolute atomic E-state index is 0.180. The van der Waals surface area contributed by atoms with E-state index in [2.05, 4.69) is 5.10 Å². The topological polar surface area (TPSA) is 44.1 Å². The van der Waals surface area contributed by atoms with Crippen LogP contribution in [0.3, 0.4) is 0 Å².